The first-order chi connectivity index (χ1) is 11.0. The van der Waals surface area contributed by atoms with Crippen molar-refractivity contribution >= 4 is 5.96 Å². The number of aliphatic imine (C=N–C) groups is 1. The van der Waals surface area contributed by atoms with Crippen molar-refractivity contribution < 1.29 is 13.5 Å². The highest BCUT2D eigenvalue weighted by Crippen LogP contribution is 2.44. The maximum atomic E-state index is 12.1. The molecule has 23 heavy (non-hydrogen) atoms. The molecule has 0 radical (unpaired) electrons. The summed E-state index contributed by atoms with van der Waals surface area (Å²) in [6.07, 6.45) is 3.28. The first-order valence-electron chi connectivity index (χ1n) is 8.16. The molecule has 4 nitrogen and oxygen atoms in total. The van der Waals surface area contributed by atoms with Crippen molar-refractivity contribution in [3.8, 4) is 5.75 Å². The lowest BCUT2D eigenvalue weighted by Gasteiger charge is -2.31. The normalized spacial score (nSPS) is 25.7. The fraction of sp³-hybridized carbons (Fsp3) is 0.588. The minimum Gasteiger partial charge on any atom is -0.435 e. The van der Waals surface area contributed by atoms with E-state index in [0.29, 0.717) is 11.9 Å². The van der Waals surface area contributed by atoms with Gasteiger partial charge in [-0.25, -0.2) is 4.99 Å². The highest BCUT2D eigenvalue weighted by molar-refractivity contribution is 5.78. The number of hydrogen-bond acceptors (Lipinski definition) is 2. The van der Waals surface area contributed by atoms with Crippen molar-refractivity contribution in [3.05, 3.63) is 29.8 Å². The number of ether oxygens (including phenoxy) is 1. The summed E-state index contributed by atoms with van der Waals surface area (Å²) >= 11 is 0. The Hall–Kier alpha value is -1.85. The van der Waals surface area contributed by atoms with E-state index in [1.807, 2.05) is 12.1 Å². The van der Waals surface area contributed by atoms with E-state index >= 15 is 0 Å². The molecule has 1 aromatic carbocycles. The summed E-state index contributed by atoms with van der Waals surface area (Å²) in [7, 11) is 0. The van der Waals surface area contributed by atoms with Gasteiger partial charge in [0.05, 0.1) is 6.04 Å². The Kier molecular flexibility index (Phi) is 4.68. The van der Waals surface area contributed by atoms with E-state index in [-0.39, 0.29) is 11.8 Å². The van der Waals surface area contributed by atoms with E-state index in [0.717, 1.165) is 43.8 Å². The summed E-state index contributed by atoms with van der Waals surface area (Å²) in [6.45, 7) is 1.44. The van der Waals surface area contributed by atoms with Crippen LogP contribution in [0.3, 0.4) is 0 Å². The number of halogens is 2. The van der Waals surface area contributed by atoms with E-state index in [9.17, 15) is 8.78 Å². The number of likely N-dealkylation sites (tertiary alicyclic amines) is 1. The SMILES string of the molecule is CC1CCN(C(N)=N[C@@H]2C[C@H]2c2ccc(OC(F)F)cc2)CC1. The molecule has 3 rings (SSSR count). The van der Waals surface area contributed by atoms with Gasteiger partial charge in [0.15, 0.2) is 5.96 Å². The second kappa shape index (κ2) is 6.72. The predicted molar refractivity (Wildman–Crippen MR) is 85.8 cm³/mol. The van der Waals surface area contributed by atoms with Crippen LogP contribution in [0.5, 0.6) is 5.75 Å². The average molecular weight is 323 g/mol. The Bertz CT molecular complexity index is 553. The number of guanidine groups is 1. The van der Waals surface area contributed by atoms with Crippen LogP contribution in [-0.2, 0) is 0 Å². The maximum Gasteiger partial charge on any atom is 0.387 e. The van der Waals surface area contributed by atoms with Crippen molar-refractivity contribution in [1.82, 2.24) is 4.90 Å². The smallest absolute Gasteiger partial charge is 0.387 e. The van der Waals surface area contributed by atoms with Crippen LogP contribution in [0, 0.1) is 5.92 Å². The van der Waals surface area contributed by atoms with E-state index in [1.165, 1.54) is 0 Å². The number of rotatable bonds is 4. The Morgan fingerprint density at radius 3 is 2.52 bits per heavy atom. The first kappa shape index (κ1) is 16.0. The molecule has 2 aliphatic rings. The quantitative estimate of drug-likeness (QED) is 0.684. The Labute approximate surface area is 135 Å². The molecule has 0 aromatic heterocycles. The molecular weight excluding hydrogens is 300 g/mol. The lowest BCUT2D eigenvalue weighted by Crippen LogP contribution is -2.42. The minimum atomic E-state index is -2.79. The second-order valence-corrected chi connectivity index (χ2v) is 6.51. The lowest BCUT2D eigenvalue weighted by molar-refractivity contribution is -0.0498. The molecular formula is C17H23F2N3O. The molecule has 6 heteroatoms. The van der Waals surface area contributed by atoms with E-state index in [1.54, 1.807) is 12.1 Å². The van der Waals surface area contributed by atoms with E-state index in [4.69, 9.17) is 5.73 Å². The summed E-state index contributed by atoms with van der Waals surface area (Å²) in [5.74, 6) is 1.92. The van der Waals surface area contributed by atoms with Crippen LogP contribution >= 0.6 is 0 Å². The van der Waals surface area contributed by atoms with Crippen molar-refractivity contribution in [1.29, 1.82) is 0 Å². The molecule has 126 valence electrons. The van der Waals surface area contributed by atoms with Gasteiger partial charge in [-0.2, -0.15) is 8.78 Å². The highest BCUT2D eigenvalue weighted by atomic mass is 19.3. The zero-order valence-corrected chi connectivity index (χ0v) is 13.3. The molecule has 1 heterocycles. The number of hydrogen-bond donors (Lipinski definition) is 1. The van der Waals surface area contributed by atoms with E-state index < -0.39 is 6.61 Å². The third-order valence-corrected chi connectivity index (χ3v) is 4.70. The van der Waals surface area contributed by atoms with Crippen molar-refractivity contribution in [3.63, 3.8) is 0 Å². The van der Waals surface area contributed by atoms with Crippen LogP contribution in [0.2, 0.25) is 0 Å². The van der Waals surface area contributed by atoms with Gasteiger partial charge >= 0.3 is 6.61 Å². The lowest BCUT2D eigenvalue weighted by atomic mass is 10.00. The third kappa shape index (κ3) is 4.12. The molecule has 1 saturated heterocycles. The third-order valence-electron chi connectivity index (χ3n) is 4.70. The summed E-state index contributed by atoms with van der Waals surface area (Å²) < 4.78 is 28.6. The molecule has 1 aliphatic heterocycles. The molecule has 2 N–H and O–H groups in total. The molecule has 2 fully saturated rings. The topological polar surface area (TPSA) is 50.8 Å². The van der Waals surface area contributed by atoms with Crippen molar-refractivity contribution in [2.45, 2.75) is 44.8 Å². The first-order valence-corrected chi connectivity index (χ1v) is 8.16. The van der Waals surface area contributed by atoms with Crippen LogP contribution < -0.4 is 10.5 Å². The van der Waals surface area contributed by atoms with Crippen LogP contribution in [0.15, 0.2) is 29.3 Å². The molecule has 1 saturated carbocycles. The van der Waals surface area contributed by atoms with Gasteiger partial charge in [0.25, 0.3) is 0 Å². The second-order valence-electron chi connectivity index (χ2n) is 6.51. The van der Waals surface area contributed by atoms with Crippen LogP contribution in [0.1, 0.15) is 37.7 Å². The van der Waals surface area contributed by atoms with Crippen LogP contribution in [-0.4, -0.2) is 36.6 Å². The number of nitrogens with zero attached hydrogens (tertiary/aromatic N) is 2. The molecule has 0 unspecified atom stereocenters. The standard InChI is InChI=1S/C17H23F2N3O/c1-11-6-8-22(9-7-11)17(20)21-15-10-14(15)12-2-4-13(5-3-12)23-16(18)19/h2-5,11,14-16H,6-10H2,1H3,(H2,20,21)/t14-,15+/m0/s1. The van der Waals surface area contributed by atoms with Gasteiger partial charge < -0.3 is 15.4 Å². The molecule has 0 bridgehead atoms. The summed E-state index contributed by atoms with van der Waals surface area (Å²) in [6, 6.07) is 7.02. The van der Waals surface area contributed by atoms with Gasteiger partial charge in [-0.05, 0) is 42.9 Å². The fourth-order valence-electron chi connectivity index (χ4n) is 3.07. The number of piperidine rings is 1. The maximum absolute atomic E-state index is 12.1. The van der Waals surface area contributed by atoms with Gasteiger partial charge in [0.2, 0.25) is 0 Å². The highest BCUT2D eigenvalue weighted by Gasteiger charge is 2.39. The predicted octanol–water partition coefficient (Wildman–Crippen LogP) is 3.19. The number of alkyl halides is 2. The van der Waals surface area contributed by atoms with Crippen molar-refractivity contribution in [2.75, 3.05) is 13.1 Å². The minimum absolute atomic E-state index is 0.186. The largest absolute Gasteiger partial charge is 0.435 e. The summed E-state index contributed by atoms with van der Waals surface area (Å²) in [5.41, 5.74) is 7.22. The van der Waals surface area contributed by atoms with Gasteiger partial charge in [-0.1, -0.05) is 19.1 Å². The van der Waals surface area contributed by atoms with Crippen LogP contribution in [0.4, 0.5) is 8.78 Å². The van der Waals surface area contributed by atoms with Gasteiger partial charge in [-0.15, -0.1) is 0 Å². The average Bonchev–Trinajstić information content (AvgIpc) is 3.27. The molecule has 0 amide bonds. The zero-order chi connectivity index (χ0) is 16.4. The monoisotopic (exact) mass is 323 g/mol. The summed E-state index contributed by atoms with van der Waals surface area (Å²) in [4.78, 5) is 6.80. The van der Waals surface area contributed by atoms with Gasteiger partial charge in [0, 0.05) is 19.0 Å². The Morgan fingerprint density at radius 2 is 1.91 bits per heavy atom. The zero-order valence-electron chi connectivity index (χ0n) is 13.3. The molecule has 2 atom stereocenters. The molecule has 1 aromatic rings. The van der Waals surface area contributed by atoms with Gasteiger partial charge in [0.1, 0.15) is 5.75 Å². The molecule has 1 aliphatic carbocycles. The number of benzene rings is 1. The number of nitrogens with two attached hydrogens (primary N) is 1. The van der Waals surface area contributed by atoms with Crippen molar-refractivity contribution in [2.24, 2.45) is 16.6 Å². The fourth-order valence-corrected chi connectivity index (χ4v) is 3.07. The Balaban J connectivity index is 1.55. The summed E-state index contributed by atoms with van der Waals surface area (Å²) in [5, 5.41) is 0. The Morgan fingerprint density at radius 1 is 1.26 bits per heavy atom. The molecule has 0 spiro atoms. The van der Waals surface area contributed by atoms with Crippen LogP contribution in [0.25, 0.3) is 0 Å². The van der Waals surface area contributed by atoms with Gasteiger partial charge in [-0.3, -0.25) is 0 Å². The van der Waals surface area contributed by atoms with E-state index in [2.05, 4.69) is 21.6 Å².